The van der Waals surface area contributed by atoms with Crippen LogP contribution in [0, 0.1) is 6.92 Å². The number of hydrogen-bond acceptors (Lipinski definition) is 4. The quantitative estimate of drug-likeness (QED) is 0.784. The smallest absolute Gasteiger partial charge is 0.332 e. The lowest BCUT2D eigenvalue weighted by Gasteiger charge is -2.19. The maximum absolute atomic E-state index is 12.4. The molecule has 0 saturated carbocycles. The lowest BCUT2D eigenvalue weighted by molar-refractivity contribution is -0.131. The van der Waals surface area contributed by atoms with E-state index in [9.17, 15) is 19.2 Å². The molecule has 0 bridgehead atoms. The summed E-state index contributed by atoms with van der Waals surface area (Å²) in [6, 6.07) is 4.73. The third-order valence-corrected chi connectivity index (χ3v) is 3.32. The van der Waals surface area contributed by atoms with Gasteiger partial charge in [0.25, 0.3) is 5.91 Å². The summed E-state index contributed by atoms with van der Waals surface area (Å²) in [5.41, 5.74) is 6.41. The van der Waals surface area contributed by atoms with E-state index < -0.39 is 36.5 Å². The van der Waals surface area contributed by atoms with Gasteiger partial charge in [0, 0.05) is 5.69 Å². The van der Waals surface area contributed by atoms with E-state index in [0.29, 0.717) is 5.69 Å². The number of rotatable bonds is 3. The summed E-state index contributed by atoms with van der Waals surface area (Å²) < 4.78 is 0. The summed E-state index contributed by atoms with van der Waals surface area (Å²) >= 11 is 0. The third kappa shape index (κ3) is 2.90. The van der Waals surface area contributed by atoms with Gasteiger partial charge in [-0.3, -0.25) is 24.7 Å². The summed E-state index contributed by atoms with van der Waals surface area (Å²) in [6.45, 7) is 2.93. The molecule has 116 valence electrons. The molecule has 1 aromatic rings. The van der Waals surface area contributed by atoms with Crippen LogP contribution in [0.2, 0.25) is 0 Å². The number of benzene rings is 1. The lowest BCUT2D eigenvalue weighted by Crippen LogP contribution is -2.44. The minimum Gasteiger partial charge on any atom is -0.351 e. The Bertz CT molecular complexity index is 641. The Morgan fingerprint density at radius 3 is 2.36 bits per heavy atom. The number of aryl methyl sites for hydroxylation is 1. The zero-order chi connectivity index (χ0) is 16.4. The SMILES string of the molecule is Cc1ccc(N2C(=O)N(CC(=O)NC(N)=O)C(=O)[C@H]2C)cc1. The van der Waals surface area contributed by atoms with Crippen LogP contribution in [-0.4, -0.2) is 41.4 Å². The van der Waals surface area contributed by atoms with Crippen molar-refractivity contribution in [1.29, 1.82) is 0 Å². The van der Waals surface area contributed by atoms with Gasteiger partial charge in [-0.15, -0.1) is 0 Å². The number of anilines is 1. The summed E-state index contributed by atoms with van der Waals surface area (Å²) in [5.74, 6) is -1.32. The highest BCUT2D eigenvalue weighted by Crippen LogP contribution is 2.25. The molecule has 8 heteroatoms. The molecule has 2 rings (SSSR count). The number of primary amides is 1. The summed E-state index contributed by atoms with van der Waals surface area (Å²) in [6.07, 6.45) is 0. The Kier molecular flexibility index (Phi) is 4.11. The fraction of sp³-hybridized carbons (Fsp3) is 0.286. The normalized spacial score (nSPS) is 17.8. The third-order valence-electron chi connectivity index (χ3n) is 3.32. The monoisotopic (exact) mass is 304 g/mol. The van der Waals surface area contributed by atoms with Gasteiger partial charge in [-0.2, -0.15) is 0 Å². The first-order chi connectivity index (χ1) is 10.3. The predicted octanol–water partition coefficient (Wildman–Crippen LogP) is 0.347. The van der Waals surface area contributed by atoms with Crippen molar-refractivity contribution in [3.8, 4) is 0 Å². The van der Waals surface area contributed by atoms with Gasteiger partial charge in [0.2, 0.25) is 5.91 Å². The fourth-order valence-electron chi connectivity index (χ4n) is 2.23. The molecule has 1 atom stereocenters. The molecule has 0 aromatic heterocycles. The molecule has 0 radical (unpaired) electrons. The van der Waals surface area contributed by atoms with Gasteiger partial charge in [0.05, 0.1) is 0 Å². The molecular weight excluding hydrogens is 288 g/mol. The largest absolute Gasteiger partial charge is 0.351 e. The minimum absolute atomic E-state index is 0.509. The molecular formula is C14H16N4O4. The average molecular weight is 304 g/mol. The van der Waals surface area contributed by atoms with Gasteiger partial charge >= 0.3 is 12.1 Å². The van der Waals surface area contributed by atoms with Crippen molar-refractivity contribution < 1.29 is 19.2 Å². The van der Waals surface area contributed by atoms with E-state index >= 15 is 0 Å². The fourth-order valence-corrected chi connectivity index (χ4v) is 2.23. The molecule has 3 N–H and O–H groups in total. The van der Waals surface area contributed by atoms with Crippen LogP contribution >= 0.6 is 0 Å². The molecule has 6 amide bonds. The standard InChI is InChI=1S/C14H16N4O4/c1-8-3-5-10(6-4-8)18-9(2)12(20)17(14(18)22)7-11(19)16-13(15)21/h3-6,9H,7H2,1-2H3,(H3,15,16,19,21)/t9-/m1/s1. The Balaban J connectivity index is 2.20. The second-order valence-electron chi connectivity index (χ2n) is 5.00. The first kappa shape index (κ1) is 15.5. The highest BCUT2D eigenvalue weighted by atomic mass is 16.2. The highest BCUT2D eigenvalue weighted by molar-refractivity contribution is 6.15. The number of carbonyl (C=O) groups is 4. The van der Waals surface area contributed by atoms with Crippen molar-refractivity contribution in [2.75, 3.05) is 11.4 Å². The van der Waals surface area contributed by atoms with Gasteiger partial charge in [0.15, 0.2) is 0 Å². The van der Waals surface area contributed by atoms with Crippen LogP contribution in [-0.2, 0) is 9.59 Å². The van der Waals surface area contributed by atoms with Crippen molar-refractivity contribution in [2.24, 2.45) is 5.73 Å². The molecule has 1 aromatic carbocycles. The number of imide groups is 2. The molecule has 8 nitrogen and oxygen atoms in total. The Morgan fingerprint density at radius 2 is 1.82 bits per heavy atom. The maximum Gasteiger partial charge on any atom is 0.332 e. The van der Waals surface area contributed by atoms with E-state index in [1.54, 1.807) is 19.1 Å². The van der Waals surface area contributed by atoms with Gasteiger partial charge in [0.1, 0.15) is 12.6 Å². The van der Waals surface area contributed by atoms with Crippen LogP contribution < -0.4 is 16.0 Å². The molecule has 0 spiro atoms. The minimum atomic E-state index is -1.03. The number of nitrogens with zero attached hydrogens (tertiary/aromatic N) is 2. The molecule has 1 fully saturated rings. The van der Waals surface area contributed by atoms with Crippen LogP contribution in [0.3, 0.4) is 0 Å². The van der Waals surface area contributed by atoms with Gasteiger partial charge in [-0.1, -0.05) is 17.7 Å². The van der Waals surface area contributed by atoms with Crippen LogP contribution in [0.5, 0.6) is 0 Å². The summed E-state index contributed by atoms with van der Waals surface area (Å²) in [7, 11) is 0. The first-order valence-electron chi connectivity index (χ1n) is 6.61. The topological polar surface area (TPSA) is 113 Å². The van der Waals surface area contributed by atoms with E-state index in [2.05, 4.69) is 0 Å². The zero-order valence-corrected chi connectivity index (χ0v) is 12.2. The molecule has 0 aliphatic carbocycles. The van der Waals surface area contributed by atoms with Crippen molar-refractivity contribution in [2.45, 2.75) is 19.9 Å². The Labute approximate surface area is 126 Å². The number of nitrogens with one attached hydrogen (secondary N) is 1. The second kappa shape index (κ2) is 5.84. The number of amides is 6. The zero-order valence-electron chi connectivity index (χ0n) is 12.2. The van der Waals surface area contributed by atoms with Crippen LogP contribution in [0.25, 0.3) is 0 Å². The van der Waals surface area contributed by atoms with E-state index in [-0.39, 0.29) is 0 Å². The molecule has 1 aliphatic heterocycles. The van der Waals surface area contributed by atoms with Crippen molar-refractivity contribution in [1.82, 2.24) is 10.2 Å². The number of carbonyl (C=O) groups excluding carboxylic acids is 4. The number of urea groups is 2. The number of nitrogens with two attached hydrogens (primary N) is 1. The van der Waals surface area contributed by atoms with Crippen LogP contribution in [0.15, 0.2) is 24.3 Å². The summed E-state index contributed by atoms with van der Waals surface area (Å²) in [4.78, 5) is 48.8. The van der Waals surface area contributed by atoms with Gasteiger partial charge in [-0.25, -0.2) is 9.59 Å². The van der Waals surface area contributed by atoms with Gasteiger partial charge in [-0.05, 0) is 26.0 Å². The molecule has 1 heterocycles. The van der Waals surface area contributed by atoms with E-state index in [0.717, 1.165) is 10.5 Å². The van der Waals surface area contributed by atoms with E-state index in [1.165, 1.54) is 4.90 Å². The number of hydrogen-bond donors (Lipinski definition) is 2. The van der Waals surface area contributed by atoms with Crippen molar-refractivity contribution >= 4 is 29.6 Å². The van der Waals surface area contributed by atoms with Crippen LogP contribution in [0.4, 0.5) is 15.3 Å². The highest BCUT2D eigenvalue weighted by Gasteiger charge is 2.44. The Hall–Kier alpha value is -2.90. The molecule has 0 unspecified atom stereocenters. The average Bonchev–Trinajstić information content (AvgIpc) is 2.63. The van der Waals surface area contributed by atoms with Crippen molar-refractivity contribution in [3.05, 3.63) is 29.8 Å². The first-order valence-corrected chi connectivity index (χ1v) is 6.61. The molecule has 1 aliphatic rings. The molecule has 1 saturated heterocycles. The predicted molar refractivity (Wildman–Crippen MR) is 78.0 cm³/mol. The van der Waals surface area contributed by atoms with E-state index in [4.69, 9.17) is 5.73 Å². The van der Waals surface area contributed by atoms with Gasteiger partial charge < -0.3 is 5.73 Å². The second-order valence-corrected chi connectivity index (χ2v) is 5.00. The molecule has 22 heavy (non-hydrogen) atoms. The van der Waals surface area contributed by atoms with Crippen molar-refractivity contribution in [3.63, 3.8) is 0 Å². The summed E-state index contributed by atoms with van der Waals surface area (Å²) in [5, 5.41) is 1.82. The lowest BCUT2D eigenvalue weighted by atomic mass is 10.2. The maximum atomic E-state index is 12.4. The van der Waals surface area contributed by atoms with Crippen LogP contribution in [0.1, 0.15) is 12.5 Å². The Morgan fingerprint density at radius 1 is 1.23 bits per heavy atom. The van der Waals surface area contributed by atoms with E-state index in [1.807, 2.05) is 24.4 Å².